The Bertz CT molecular complexity index is 584. The van der Waals surface area contributed by atoms with Gasteiger partial charge in [-0.05, 0) is 25.1 Å². The van der Waals surface area contributed by atoms with Gasteiger partial charge in [0.15, 0.2) is 0 Å². The minimum Gasteiger partial charge on any atom is -0.494 e. The van der Waals surface area contributed by atoms with Crippen molar-refractivity contribution in [3.8, 4) is 5.75 Å². The van der Waals surface area contributed by atoms with Gasteiger partial charge in [0.1, 0.15) is 5.75 Å². The van der Waals surface area contributed by atoms with Gasteiger partial charge in [-0.15, -0.1) is 0 Å². The molecule has 2 aromatic rings. The number of rotatable bonds is 4. The number of nitrogens with two attached hydrogens (primary N) is 1. The maximum atomic E-state index is 12.0. The molecular formula is C14H15N3O2. The number of carbonyl (C=O) groups is 1. The van der Waals surface area contributed by atoms with Gasteiger partial charge >= 0.3 is 0 Å². The normalized spacial score (nSPS) is 9.95. The third-order valence-corrected chi connectivity index (χ3v) is 2.50. The molecule has 0 saturated heterocycles. The van der Waals surface area contributed by atoms with Crippen molar-refractivity contribution in [1.82, 2.24) is 4.98 Å². The maximum Gasteiger partial charge on any atom is 0.259 e. The summed E-state index contributed by atoms with van der Waals surface area (Å²) in [6.07, 6.45) is 2.99. The number of hydrogen-bond donors (Lipinski definition) is 2. The Kier molecular flexibility index (Phi) is 3.97. The Balaban J connectivity index is 2.15. The van der Waals surface area contributed by atoms with Crippen LogP contribution < -0.4 is 15.8 Å². The number of ether oxygens (including phenoxy) is 1. The standard InChI is InChI=1S/C14H15N3O2/c1-2-19-11-5-3-4-10(8-11)17-14(18)12-9-16-7-6-13(12)15/h3-9H,2H2,1H3,(H2,15,16)(H,17,18). The molecule has 0 saturated carbocycles. The van der Waals surface area contributed by atoms with Gasteiger partial charge in [0.25, 0.3) is 5.91 Å². The number of anilines is 2. The molecule has 98 valence electrons. The molecule has 0 aliphatic heterocycles. The van der Waals surface area contributed by atoms with E-state index >= 15 is 0 Å². The molecular weight excluding hydrogens is 242 g/mol. The molecule has 3 N–H and O–H groups in total. The fraction of sp³-hybridized carbons (Fsp3) is 0.143. The molecule has 2 rings (SSSR count). The highest BCUT2D eigenvalue weighted by Gasteiger charge is 2.10. The highest BCUT2D eigenvalue weighted by Crippen LogP contribution is 2.19. The van der Waals surface area contributed by atoms with E-state index in [0.717, 1.165) is 0 Å². The number of nitrogen functional groups attached to an aromatic ring is 1. The Morgan fingerprint density at radius 1 is 1.42 bits per heavy atom. The molecule has 5 nitrogen and oxygen atoms in total. The molecule has 5 heteroatoms. The number of benzene rings is 1. The first kappa shape index (κ1) is 12.9. The smallest absolute Gasteiger partial charge is 0.259 e. The zero-order chi connectivity index (χ0) is 13.7. The summed E-state index contributed by atoms with van der Waals surface area (Å²) in [6, 6.07) is 8.78. The monoisotopic (exact) mass is 257 g/mol. The van der Waals surface area contributed by atoms with Crippen molar-refractivity contribution in [1.29, 1.82) is 0 Å². The second-order valence-corrected chi connectivity index (χ2v) is 3.88. The number of nitrogens with zero attached hydrogens (tertiary/aromatic N) is 1. The summed E-state index contributed by atoms with van der Waals surface area (Å²) in [5.41, 5.74) is 7.13. The highest BCUT2D eigenvalue weighted by atomic mass is 16.5. The molecule has 1 amide bonds. The summed E-state index contributed by atoms with van der Waals surface area (Å²) in [5, 5.41) is 2.76. The van der Waals surface area contributed by atoms with Gasteiger partial charge in [0.2, 0.25) is 0 Å². The summed E-state index contributed by atoms with van der Waals surface area (Å²) in [6.45, 7) is 2.48. The molecule has 19 heavy (non-hydrogen) atoms. The maximum absolute atomic E-state index is 12.0. The first-order valence-corrected chi connectivity index (χ1v) is 5.94. The van der Waals surface area contributed by atoms with Gasteiger partial charge in [-0.25, -0.2) is 0 Å². The van der Waals surface area contributed by atoms with Crippen LogP contribution in [0.4, 0.5) is 11.4 Å². The molecule has 1 heterocycles. The first-order valence-electron chi connectivity index (χ1n) is 5.94. The van der Waals surface area contributed by atoms with Crippen LogP contribution in [0.1, 0.15) is 17.3 Å². The topological polar surface area (TPSA) is 77.2 Å². The van der Waals surface area contributed by atoms with E-state index in [1.807, 2.05) is 19.1 Å². The number of aromatic nitrogens is 1. The van der Waals surface area contributed by atoms with Crippen molar-refractivity contribution < 1.29 is 9.53 Å². The number of amides is 1. The Hall–Kier alpha value is -2.56. The lowest BCUT2D eigenvalue weighted by Gasteiger charge is -2.08. The minimum atomic E-state index is -0.292. The zero-order valence-electron chi connectivity index (χ0n) is 10.6. The molecule has 0 bridgehead atoms. The summed E-state index contributed by atoms with van der Waals surface area (Å²) < 4.78 is 5.37. The summed E-state index contributed by atoms with van der Waals surface area (Å²) >= 11 is 0. The van der Waals surface area contributed by atoms with Crippen LogP contribution in [0.5, 0.6) is 5.75 Å². The van der Waals surface area contributed by atoms with Crippen molar-refractivity contribution >= 4 is 17.3 Å². The van der Waals surface area contributed by atoms with Crippen molar-refractivity contribution in [3.63, 3.8) is 0 Å². The van der Waals surface area contributed by atoms with Crippen LogP contribution in [-0.4, -0.2) is 17.5 Å². The minimum absolute atomic E-state index is 0.292. The van der Waals surface area contributed by atoms with Crippen LogP contribution in [-0.2, 0) is 0 Å². The quantitative estimate of drug-likeness (QED) is 0.881. The van der Waals surface area contributed by atoms with E-state index in [0.29, 0.717) is 29.3 Å². The van der Waals surface area contributed by atoms with Crippen LogP contribution >= 0.6 is 0 Å². The third-order valence-electron chi connectivity index (χ3n) is 2.50. The number of nitrogens with one attached hydrogen (secondary N) is 1. The van der Waals surface area contributed by atoms with Crippen LogP contribution in [0.3, 0.4) is 0 Å². The summed E-state index contributed by atoms with van der Waals surface area (Å²) in [7, 11) is 0. The highest BCUT2D eigenvalue weighted by molar-refractivity contribution is 6.07. The average Bonchev–Trinajstić information content (AvgIpc) is 2.40. The average molecular weight is 257 g/mol. The summed E-state index contributed by atoms with van der Waals surface area (Å²) in [4.78, 5) is 15.9. The van der Waals surface area contributed by atoms with E-state index in [2.05, 4.69) is 10.3 Å². The van der Waals surface area contributed by atoms with Gasteiger partial charge in [-0.2, -0.15) is 0 Å². The van der Waals surface area contributed by atoms with E-state index in [9.17, 15) is 4.79 Å². The lowest BCUT2D eigenvalue weighted by Crippen LogP contribution is -2.14. The van der Waals surface area contributed by atoms with E-state index in [4.69, 9.17) is 10.5 Å². The predicted octanol–water partition coefficient (Wildman–Crippen LogP) is 2.31. The lowest BCUT2D eigenvalue weighted by molar-refractivity contribution is 0.102. The SMILES string of the molecule is CCOc1cccc(NC(=O)c2cnccc2N)c1. The Morgan fingerprint density at radius 2 is 2.26 bits per heavy atom. The molecule has 0 spiro atoms. The zero-order valence-corrected chi connectivity index (χ0v) is 10.6. The molecule has 0 atom stereocenters. The molecule has 1 aromatic carbocycles. The molecule has 1 aromatic heterocycles. The molecule has 0 aliphatic carbocycles. The van der Waals surface area contributed by atoms with E-state index in [1.54, 1.807) is 24.4 Å². The van der Waals surface area contributed by atoms with Gasteiger partial charge in [0, 0.05) is 29.8 Å². The second-order valence-electron chi connectivity index (χ2n) is 3.88. The van der Waals surface area contributed by atoms with Crippen LogP contribution in [0, 0.1) is 0 Å². The van der Waals surface area contributed by atoms with E-state index in [1.165, 1.54) is 6.20 Å². The first-order chi connectivity index (χ1) is 9.20. The second kappa shape index (κ2) is 5.86. The van der Waals surface area contributed by atoms with Gasteiger partial charge < -0.3 is 15.8 Å². The van der Waals surface area contributed by atoms with Crippen LogP contribution in [0.15, 0.2) is 42.7 Å². The molecule has 0 radical (unpaired) electrons. The van der Waals surface area contributed by atoms with Gasteiger partial charge in [0.05, 0.1) is 12.2 Å². The molecule has 0 aliphatic rings. The van der Waals surface area contributed by atoms with E-state index < -0.39 is 0 Å². The number of hydrogen-bond acceptors (Lipinski definition) is 4. The number of pyridine rings is 1. The Morgan fingerprint density at radius 3 is 3.00 bits per heavy atom. The van der Waals surface area contributed by atoms with Crippen molar-refractivity contribution in [2.45, 2.75) is 6.92 Å². The molecule has 0 fully saturated rings. The number of carbonyl (C=O) groups excluding carboxylic acids is 1. The summed E-state index contributed by atoms with van der Waals surface area (Å²) in [5.74, 6) is 0.415. The van der Waals surface area contributed by atoms with Gasteiger partial charge in [-0.1, -0.05) is 6.07 Å². The fourth-order valence-corrected chi connectivity index (χ4v) is 1.62. The van der Waals surface area contributed by atoms with Crippen molar-refractivity contribution in [2.75, 3.05) is 17.7 Å². The largest absolute Gasteiger partial charge is 0.494 e. The van der Waals surface area contributed by atoms with Crippen molar-refractivity contribution in [3.05, 3.63) is 48.3 Å². The van der Waals surface area contributed by atoms with Crippen LogP contribution in [0.2, 0.25) is 0 Å². The van der Waals surface area contributed by atoms with Gasteiger partial charge in [-0.3, -0.25) is 9.78 Å². The van der Waals surface area contributed by atoms with Crippen LogP contribution in [0.25, 0.3) is 0 Å². The van der Waals surface area contributed by atoms with Crippen molar-refractivity contribution in [2.24, 2.45) is 0 Å². The predicted molar refractivity (Wildman–Crippen MR) is 74.2 cm³/mol. The van der Waals surface area contributed by atoms with E-state index in [-0.39, 0.29) is 5.91 Å². The Labute approximate surface area is 111 Å². The molecule has 0 unspecified atom stereocenters. The third kappa shape index (κ3) is 3.22. The lowest BCUT2D eigenvalue weighted by atomic mass is 10.2. The fourth-order valence-electron chi connectivity index (χ4n) is 1.62.